The van der Waals surface area contributed by atoms with E-state index in [4.69, 9.17) is 9.84 Å². The van der Waals surface area contributed by atoms with Crippen LogP contribution in [0.2, 0.25) is 0 Å². The summed E-state index contributed by atoms with van der Waals surface area (Å²) in [5.74, 6) is 1.46. The van der Waals surface area contributed by atoms with E-state index in [1.807, 2.05) is 25.1 Å². The van der Waals surface area contributed by atoms with E-state index in [1.54, 1.807) is 0 Å². The summed E-state index contributed by atoms with van der Waals surface area (Å²) in [5.41, 5.74) is 2.37. The first-order valence-electron chi connectivity index (χ1n) is 5.46. The lowest BCUT2D eigenvalue weighted by Gasteiger charge is -2.11. The summed E-state index contributed by atoms with van der Waals surface area (Å²) >= 11 is 0. The molecule has 1 rings (SSSR count). The molecule has 2 nitrogen and oxygen atoms in total. The molecule has 0 fully saturated rings. The lowest BCUT2D eigenvalue weighted by Crippen LogP contribution is -2.05. The Labute approximate surface area is 91.9 Å². The molecule has 0 aromatic heterocycles. The molecule has 0 saturated heterocycles. The van der Waals surface area contributed by atoms with Gasteiger partial charge in [-0.3, -0.25) is 0 Å². The van der Waals surface area contributed by atoms with Crippen LogP contribution in [0.5, 0.6) is 5.75 Å². The Bertz CT molecular complexity index is 305. The van der Waals surface area contributed by atoms with Crippen molar-refractivity contribution in [2.45, 2.75) is 27.2 Å². The molecule has 84 valence electrons. The largest absolute Gasteiger partial charge is 0.493 e. The van der Waals surface area contributed by atoms with Crippen LogP contribution >= 0.6 is 0 Å². The summed E-state index contributed by atoms with van der Waals surface area (Å²) in [4.78, 5) is 0. The van der Waals surface area contributed by atoms with Gasteiger partial charge < -0.3 is 9.84 Å². The van der Waals surface area contributed by atoms with Crippen molar-refractivity contribution in [2.24, 2.45) is 5.92 Å². The molecule has 0 aliphatic heterocycles. The van der Waals surface area contributed by atoms with Gasteiger partial charge in [0.25, 0.3) is 0 Å². The third-order valence-corrected chi connectivity index (χ3v) is 2.28. The second-order valence-corrected chi connectivity index (χ2v) is 4.27. The highest BCUT2D eigenvalue weighted by molar-refractivity contribution is 5.34. The first-order chi connectivity index (χ1) is 7.13. The fourth-order valence-electron chi connectivity index (χ4n) is 1.42. The van der Waals surface area contributed by atoms with Crippen LogP contribution in [0.15, 0.2) is 18.2 Å². The molecule has 0 bridgehead atoms. The maximum absolute atomic E-state index is 8.86. The van der Waals surface area contributed by atoms with Gasteiger partial charge in [0.15, 0.2) is 0 Å². The van der Waals surface area contributed by atoms with Gasteiger partial charge in [0.1, 0.15) is 5.75 Å². The molecule has 0 amide bonds. The standard InChI is InChI=1S/C13H20O2/c1-10(2)9-15-13-5-4-12(6-7-14)11(3)8-13/h4-5,8,10,14H,6-7,9H2,1-3H3. The summed E-state index contributed by atoms with van der Waals surface area (Å²) in [6.45, 7) is 7.26. The fraction of sp³-hybridized carbons (Fsp3) is 0.538. The molecule has 2 heteroatoms. The second kappa shape index (κ2) is 5.76. The van der Waals surface area contributed by atoms with E-state index in [0.717, 1.165) is 18.8 Å². The van der Waals surface area contributed by atoms with Crippen LogP contribution in [0.4, 0.5) is 0 Å². The van der Waals surface area contributed by atoms with Crippen molar-refractivity contribution >= 4 is 0 Å². The number of aryl methyl sites for hydroxylation is 1. The van der Waals surface area contributed by atoms with Crippen molar-refractivity contribution in [3.63, 3.8) is 0 Å². The molecule has 15 heavy (non-hydrogen) atoms. The minimum Gasteiger partial charge on any atom is -0.493 e. The molecule has 0 aliphatic rings. The Morgan fingerprint density at radius 1 is 1.33 bits per heavy atom. The highest BCUT2D eigenvalue weighted by Gasteiger charge is 2.01. The van der Waals surface area contributed by atoms with E-state index in [9.17, 15) is 0 Å². The first kappa shape index (κ1) is 12.1. The maximum Gasteiger partial charge on any atom is 0.119 e. The van der Waals surface area contributed by atoms with E-state index in [0.29, 0.717) is 5.92 Å². The van der Waals surface area contributed by atoms with Crippen molar-refractivity contribution in [1.82, 2.24) is 0 Å². The Morgan fingerprint density at radius 3 is 2.60 bits per heavy atom. The lowest BCUT2D eigenvalue weighted by molar-refractivity contribution is 0.270. The zero-order valence-corrected chi connectivity index (χ0v) is 9.79. The first-order valence-corrected chi connectivity index (χ1v) is 5.46. The van der Waals surface area contributed by atoms with E-state index in [1.165, 1.54) is 11.1 Å². The molecule has 0 saturated carbocycles. The summed E-state index contributed by atoms with van der Waals surface area (Å²) in [7, 11) is 0. The van der Waals surface area contributed by atoms with Crippen LogP contribution in [0.25, 0.3) is 0 Å². The highest BCUT2D eigenvalue weighted by atomic mass is 16.5. The predicted octanol–water partition coefficient (Wildman–Crippen LogP) is 2.56. The Balaban J connectivity index is 2.64. The number of hydrogen-bond donors (Lipinski definition) is 1. The van der Waals surface area contributed by atoms with Gasteiger partial charge in [-0.25, -0.2) is 0 Å². The average molecular weight is 208 g/mol. The molecule has 0 unspecified atom stereocenters. The van der Waals surface area contributed by atoms with E-state index in [2.05, 4.69) is 13.8 Å². The maximum atomic E-state index is 8.86. The summed E-state index contributed by atoms with van der Waals surface area (Å²) in [5, 5.41) is 8.86. The highest BCUT2D eigenvalue weighted by Crippen LogP contribution is 2.18. The summed E-state index contributed by atoms with van der Waals surface area (Å²) < 4.78 is 5.62. The molecule has 0 heterocycles. The average Bonchev–Trinajstić information content (AvgIpc) is 2.19. The molecule has 0 aliphatic carbocycles. The zero-order chi connectivity index (χ0) is 11.3. The van der Waals surface area contributed by atoms with Gasteiger partial charge in [-0.2, -0.15) is 0 Å². The van der Waals surface area contributed by atoms with Gasteiger partial charge >= 0.3 is 0 Å². The van der Waals surface area contributed by atoms with Crippen LogP contribution in [0.1, 0.15) is 25.0 Å². The quantitative estimate of drug-likeness (QED) is 0.806. The SMILES string of the molecule is Cc1cc(OCC(C)C)ccc1CCO. The van der Waals surface area contributed by atoms with Crippen molar-refractivity contribution in [1.29, 1.82) is 0 Å². The minimum absolute atomic E-state index is 0.201. The van der Waals surface area contributed by atoms with Gasteiger partial charge in [0, 0.05) is 6.61 Å². The van der Waals surface area contributed by atoms with Gasteiger partial charge in [0.05, 0.1) is 6.61 Å². The number of aliphatic hydroxyl groups is 1. The van der Waals surface area contributed by atoms with Crippen molar-refractivity contribution in [3.8, 4) is 5.75 Å². The van der Waals surface area contributed by atoms with Crippen LogP contribution in [-0.2, 0) is 6.42 Å². The number of aliphatic hydroxyl groups excluding tert-OH is 1. The third kappa shape index (κ3) is 3.92. The van der Waals surface area contributed by atoms with Crippen LogP contribution in [0, 0.1) is 12.8 Å². The fourth-order valence-corrected chi connectivity index (χ4v) is 1.42. The van der Waals surface area contributed by atoms with Gasteiger partial charge in [-0.1, -0.05) is 19.9 Å². The smallest absolute Gasteiger partial charge is 0.119 e. The topological polar surface area (TPSA) is 29.5 Å². The molecular formula is C13H20O2. The number of benzene rings is 1. The van der Waals surface area contributed by atoms with Crippen molar-refractivity contribution in [3.05, 3.63) is 29.3 Å². The van der Waals surface area contributed by atoms with Gasteiger partial charge in [0.2, 0.25) is 0 Å². The van der Waals surface area contributed by atoms with Gasteiger partial charge in [-0.05, 0) is 42.5 Å². The lowest BCUT2D eigenvalue weighted by atomic mass is 10.1. The van der Waals surface area contributed by atoms with Crippen LogP contribution in [-0.4, -0.2) is 18.3 Å². The van der Waals surface area contributed by atoms with Crippen LogP contribution in [0.3, 0.4) is 0 Å². The Hall–Kier alpha value is -1.02. The zero-order valence-electron chi connectivity index (χ0n) is 9.79. The van der Waals surface area contributed by atoms with E-state index in [-0.39, 0.29) is 6.61 Å². The molecule has 1 N–H and O–H groups in total. The Morgan fingerprint density at radius 2 is 2.07 bits per heavy atom. The Kier molecular flexibility index (Phi) is 4.63. The molecule has 0 atom stereocenters. The van der Waals surface area contributed by atoms with Gasteiger partial charge in [-0.15, -0.1) is 0 Å². The second-order valence-electron chi connectivity index (χ2n) is 4.27. The van der Waals surface area contributed by atoms with E-state index >= 15 is 0 Å². The minimum atomic E-state index is 0.201. The third-order valence-electron chi connectivity index (χ3n) is 2.28. The number of rotatable bonds is 5. The molecule has 1 aromatic carbocycles. The normalized spacial score (nSPS) is 10.7. The summed E-state index contributed by atoms with van der Waals surface area (Å²) in [6, 6.07) is 6.04. The molecule has 0 radical (unpaired) electrons. The summed E-state index contributed by atoms with van der Waals surface area (Å²) in [6.07, 6.45) is 0.719. The van der Waals surface area contributed by atoms with E-state index < -0.39 is 0 Å². The van der Waals surface area contributed by atoms with Crippen LogP contribution < -0.4 is 4.74 Å². The molecular weight excluding hydrogens is 188 g/mol. The monoisotopic (exact) mass is 208 g/mol. The predicted molar refractivity (Wildman–Crippen MR) is 62.3 cm³/mol. The van der Waals surface area contributed by atoms with Crippen molar-refractivity contribution < 1.29 is 9.84 Å². The number of hydrogen-bond acceptors (Lipinski definition) is 2. The molecule has 0 spiro atoms. The van der Waals surface area contributed by atoms with Crippen molar-refractivity contribution in [2.75, 3.05) is 13.2 Å². The molecule has 1 aromatic rings. The number of ether oxygens (including phenoxy) is 1.